The average Bonchev–Trinajstić information content (AvgIpc) is 2.51. The smallest absolute Gasteiger partial charge is 0.243 e. The second-order valence-corrected chi connectivity index (χ2v) is 6.19. The molecule has 0 saturated heterocycles. The van der Waals surface area contributed by atoms with Crippen LogP contribution < -0.4 is 15.5 Å². The minimum absolute atomic E-state index is 0.0248. The van der Waals surface area contributed by atoms with Gasteiger partial charge in [0.05, 0.1) is 17.9 Å². The largest absolute Gasteiger partial charge is 0.382 e. The van der Waals surface area contributed by atoms with Gasteiger partial charge in [0.2, 0.25) is 5.91 Å². The zero-order valence-corrected chi connectivity index (χ0v) is 13.9. The highest BCUT2D eigenvalue weighted by Crippen LogP contribution is 2.28. The highest BCUT2D eigenvalue weighted by molar-refractivity contribution is 5.96. The Balaban J connectivity index is 1.74. The topological polar surface area (TPSA) is 44.4 Å². The molecule has 1 amide bonds. The molecule has 3 rings (SSSR count). The first-order chi connectivity index (χ1) is 11.0. The van der Waals surface area contributed by atoms with Gasteiger partial charge in [0.1, 0.15) is 0 Å². The van der Waals surface area contributed by atoms with E-state index in [0.29, 0.717) is 6.54 Å². The SMILES string of the molecule is Cc1cc(C)c(NC(=O)CN2CCNc3ccccc32)c(C)c1. The second-order valence-electron chi connectivity index (χ2n) is 6.19. The molecule has 1 heterocycles. The van der Waals surface area contributed by atoms with Crippen molar-refractivity contribution in [1.29, 1.82) is 0 Å². The van der Waals surface area contributed by atoms with Crippen LogP contribution in [0.4, 0.5) is 17.1 Å². The van der Waals surface area contributed by atoms with Gasteiger partial charge in [-0.1, -0.05) is 29.8 Å². The summed E-state index contributed by atoms with van der Waals surface area (Å²) in [5.74, 6) is 0.0248. The lowest BCUT2D eigenvalue weighted by Crippen LogP contribution is -2.39. The maximum Gasteiger partial charge on any atom is 0.243 e. The maximum atomic E-state index is 12.5. The van der Waals surface area contributed by atoms with Gasteiger partial charge in [-0.15, -0.1) is 0 Å². The van der Waals surface area contributed by atoms with Crippen molar-refractivity contribution in [2.24, 2.45) is 0 Å². The quantitative estimate of drug-likeness (QED) is 0.912. The summed E-state index contributed by atoms with van der Waals surface area (Å²) in [4.78, 5) is 14.6. The summed E-state index contributed by atoms with van der Waals surface area (Å²) < 4.78 is 0. The molecule has 0 atom stereocenters. The lowest BCUT2D eigenvalue weighted by atomic mass is 10.1. The van der Waals surface area contributed by atoms with E-state index in [9.17, 15) is 4.79 Å². The van der Waals surface area contributed by atoms with Crippen molar-refractivity contribution in [2.75, 3.05) is 35.2 Å². The molecule has 0 aromatic heterocycles. The Hall–Kier alpha value is -2.49. The molecule has 1 aliphatic rings. The van der Waals surface area contributed by atoms with Gasteiger partial charge in [-0.3, -0.25) is 4.79 Å². The number of hydrogen-bond donors (Lipinski definition) is 2. The summed E-state index contributed by atoms with van der Waals surface area (Å²) in [5.41, 5.74) is 6.55. The van der Waals surface area contributed by atoms with E-state index < -0.39 is 0 Å². The Labute approximate surface area is 137 Å². The molecule has 0 bridgehead atoms. The fourth-order valence-corrected chi connectivity index (χ4v) is 3.24. The molecule has 0 unspecified atom stereocenters. The zero-order chi connectivity index (χ0) is 16.4. The van der Waals surface area contributed by atoms with Crippen LogP contribution in [0.3, 0.4) is 0 Å². The van der Waals surface area contributed by atoms with E-state index >= 15 is 0 Å². The number of nitrogens with one attached hydrogen (secondary N) is 2. The molecule has 4 heteroatoms. The summed E-state index contributed by atoms with van der Waals surface area (Å²) in [6.45, 7) is 8.20. The fourth-order valence-electron chi connectivity index (χ4n) is 3.24. The van der Waals surface area contributed by atoms with Crippen LogP contribution in [0, 0.1) is 20.8 Å². The minimum atomic E-state index is 0.0248. The average molecular weight is 309 g/mol. The summed E-state index contributed by atoms with van der Waals surface area (Å²) in [7, 11) is 0. The Morgan fingerprint density at radius 2 is 1.87 bits per heavy atom. The Kier molecular flexibility index (Phi) is 4.24. The summed E-state index contributed by atoms with van der Waals surface area (Å²) in [6.07, 6.45) is 0. The fraction of sp³-hybridized carbons (Fsp3) is 0.316. The predicted octanol–water partition coefficient (Wildman–Crippen LogP) is 3.48. The summed E-state index contributed by atoms with van der Waals surface area (Å²) in [6, 6.07) is 12.3. The third-order valence-electron chi connectivity index (χ3n) is 4.22. The first-order valence-electron chi connectivity index (χ1n) is 8.00. The second kappa shape index (κ2) is 6.32. The van der Waals surface area contributed by atoms with Crippen molar-refractivity contribution in [3.63, 3.8) is 0 Å². The minimum Gasteiger partial charge on any atom is -0.382 e. The number of nitrogens with zero attached hydrogens (tertiary/aromatic N) is 1. The van der Waals surface area contributed by atoms with Gasteiger partial charge in [-0.05, 0) is 44.0 Å². The summed E-state index contributed by atoms with van der Waals surface area (Å²) >= 11 is 0. The standard InChI is InChI=1S/C19H23N3O/c1-13-10-14(2)19(15(3)11-13)21-18(23)12-22-9-8-20-16-6-4-5-7-17(16)22/h4-7,10-11,20H,8-9,12H2,1-3H3,(H,21,23). The normalized spacial score (nSPS) is 13.3. The van der Waals surface area contributed by atoms with E-state index in [4.69, 9.17) is 0 Å². The maximum absolute atomic E-state index is 12.5. The highest BCUT2D eigenvalue weighted by atomic mass is 16.2. The third kappa shape index (κ3) is 3.31. The molecule has 0 spiro atoms. The number of amides is 1. The first kappa shape index (κ1) is 15.4. The number of para-hydroxylation sites is 2. The van der Waals surface area contributed by atoms with E-state index in [2.05, 4.69) is 40.7 Å². The highest BCUT2D eigenvalue weighted by Gasteiger charge is 2.19. The first-order valence-corrected chi connectivity index (χ1v) is 8.00. The molecule has 0 aliphatic carbocycles. The van der Waals surface area contributed by atoms with Crippen molar-refractivity contribution in [3.05, 3.63) is 53.1 Å². The number of rotatable bonds is 3. The van der Waals surface area contributed by atoms with Gasteiger partial charge in [0.25, 0.3) is 0 Å². The molecule has 1 aliphatic heterocycles. The molecular formula is C19H23N3O. The van der Waals surface area contributed by atoms with Gasteiger partial charge < -0.3 is 15.5 Å². The van der Waals surface area contributed by atoms with Crippen molar-refractivity contribution < 1.29 is 4.79 Å². The van der Waals surface area contributed by atoms with Crippen molar-refractivity contribution in [1.82, 2.24) is 0 Å². The molecule has 2 N–H and O–H groups in total. The van der Waals surface area contributed by atoms with Crippen LogP contribution in [-0.2, 0) is 4.79 Å². The molecule has 2 aromatic carbocycles. The number of hydrogen-bond acceptors (Lipinski definition) is 3. The molecule has 23 heavy (non-hydrogen) atoms. The van der Waals surface area contributed by atoms with Crippen LogP contribution in [0.2, 0.25) is 0 Å². The van der Waals surface area contributed by atoms with Gasteiger partial charge in [-0.2, -0.15) is 0 Å². The van der Waals surface area contributed by atoms with E-state index in [1.165, 1.54) is 5.56 Å². The third-order valence-corrected chi connectivity index (χ3v) is 4.22. The summed E-state index contributed by atoms with van der Waals surface area (Å²) in [5, 5.41) is 6.45. The molecule has 120 valence electrons. The van der Waals surface area contributed by atoms with Crippen molar-refractivity contribution in [3.8, 4) is 0 Å². The number of carbonyl (C=O) groups excluding carboxylic acids is 1. The Bertz CT molecular complexity index is 716. The molecule has 0 radical (unpaired) electrons. The molecule has 4 nitrogen and oxygen atoms in total. The van der Waals surface area contributed by atoms with Crippen LogP contribution in [0.25, 0.3) is 0 Å². The Morgan fingerprint density at radius 3 is 2.61 bits per heavy atom. The van der Waals surface area contributed by atoms with Gasteiger partial charge in [-0.25, -0.2) is 0 Å². The van der Waals surface area contributed by atoms with E-state index in [1.807, 2.05) is 32.0 Å². The number of aryl methyl sites for hydroxylation is 3. The van der Waals surface area contributed by atoms with Crippen molar-refractivity contribution >= 4 is 23.0 Å². The van der Waals surface area contributed by atoms with Crippen LogP contribution >= 0.6 is 0 Å². The van der Waals surface area contributed by atoms with Gasteiger partial charge >= 0.3 is 0 Å². The number of benzene rings is 2. The molecule has 2 aromatic rings. The predicted molar refractivity (Wildman–Crippen MR) is 96.4 cm³/mol. The Morgan fingerprint density at radius 1 is 1.17 bits per heavy atom. The van der Waals surface area contributed by atoms with Crippen LogP contribution in [0.1, 0.15) is 16.7 Å². The van der Waals surface area contributed by atoms with Crippen LogP contribution in [0.5, 0.6) is 0 Å². The monoisotopic (exact) mass is 309 g/mol. The zero-order valence-electron chi connectivity index (χ0n) is 13.9. The van der Waals surface area contributed by atoms with Crippen LogP contribution in [0.15, 0.2) is 36.4 Å². The molecule has 0 fully saturated rings. The van der Waals surface area contributed by atoms with Crippen LogP contribution in [-0.4, -0.2) is 25.5 Å². The van der Waals surface area contributed by atoms with E-state index in [-0.39, 0.29) is 5.91 Å². The van der Waals surface area contributed by atoms with Gasteiger partial charge in [0, 0.05) is 18.8 Å². The number of carbonyl (C=O) groups is 1. The molecular weight excluding hydrogens is 286 g/mol. The van der Waals surface area contributed by atoms with E-state index in [1.54, 1.807) is 0 Å². The van der Waals surface area contributed by atoms with Crippen molar-refractivity contribution in [2.45, 2.75) is 20.8 Å². The lowest BCUT2D eigenvalue weighted by molar-refractivity contribution is -0.115. The van der Waals surface area contributed by atoms with E-state index in [0.717, 1.165) is 41.3 Å². The number of fused-ring (bicyclic) bond motifs is 1. The molecule has 0 saturated carbocycles. The number of anilines is 3. The van der Waals surface area contributed by atoms with Gasteiger partial charge in [0.15, 0.2) is 0 Å². The lowest BCUT2D eigenvalue weighted by Gasteiger charge is -2.31.